The van der Waals surface area contributed by atoms with Crippen molar-refractivity contribution in [1.82, 2.24) is 0 Å². The summed E-state index contributed by atoms with van der Waals surface area (Å²) >= 11 is 11.8. The van der Waals surface area contributed by atoms with Crippen LogP contribution in [0.2, 0.25) is 10.0 Å². The number of nitrogens with one attached hydrogen (secondary N) is 1. The third kappa shape index (κ3) is 5.23. The highest BCUT2D eigenvalue weighted by atomic mass is 35.5. The lowest BCUT2D eigenvalue weighted by Crippen LogP contribution is -2.22. The number of para-hydroxylation sites is 1. The van der Waals surface area contributed by atoms with Crippen LogP contribution in [0.25, 0.3) is 0 Å². The Bertz CT molecular complexity index is 740. The SMILES string of the molecule is O=C(COC(=O)CC1C=CS(=O)(=O)C1)Nc1c(Cl)cccc1Cl. The first kappa shape index (κ1) is 17.8. The van der Waals surface area contributed by atoms with E-state index in [9.17, 15) is 18.0 Å². The highest BCUT2D eigenvalue weighted by molar-refractivity contribution is 7.94. The average Bonchev–Trinajstić information content (AvgIpc) is 2.80. The number of anilines is 1. The molecular weight excluding hydrogens is 365 g/mol. The minimum absolute atomic E-state index is 0.101. The maximum atomic E-state index is 11.7. The van der Waals surface area contributed by atoms with Crippen molar-refractivity contribution in [3.63, 3.8) is 0 Å². The third-order valence-electron chi connectivity index (χ3n) is 3.02. The van der Waals surface area contributed by atoms with Crippen molar-refractivity contribution in [3.05, 3.63) is 39.7 Å². The van der Waals surface area contributed by atoms with Crippen LogP contribution in [0.3, 0.4) is 0 Å². The van der Waals surface area contributed by atoms with E-state index in [0.29, 0.717) is 0 Å². The first-order valence-electron chi connectivity index (χ1n) is 6.57. The molecule has 1 aliphatic rings. The molecule has 124 valence electrons. The number of benzene rings is 1. The Hall–Kier alpha value is -1.57. The summed E-state index contributed by atoms with van der Waals surface area (Å²) in [6.07, 6.45) is 1.34. The van der Waals surface area contributed by atoms with Crippen LogP contribution in [0.4, 0.5) is 5.69 Å². The number of hydrogen-bond acceptors (Lipinski definition) is 5. The number of carbonyl (C=O) groups excluding carboxylic acids is 2. The Labute approximate surface area is 143 Å². The molecule has 1 unspecified atom stereocenters. The third-order valence-corrected chi connectivity index (χ3v) is 5.12. The zero-order chi connectivity index (χ0) is 17.0. The lowest BCUT2D eigenvalue weighted by molar-refractivity contribution is -0.147. The van der Waals surface area contributed by atoms with Gasteiger partial charge in [-0.2, -0.15) is 0 Å². The maximum Gasteiger partial charge on any atom is 0.306 e. The fraction of sp³-hybridized carbons (Fsp3) is 0.286. The van der Waals surface area contributed by atoms with Crippen LogP contribution in [-0.2, 0) is 24.2 Å². The van der Waals surface area contributed by atoms with Gasteiger partial charge in [0.1, 0.15) is 0 Å². The monoisotopic (exact) mass is 377 g/mol. The molecule has 0 bridgehead atoms. The summed E-state index contributed by atoms with van der Waals surface area (Å²) in [6.45, 7) is -0.510. The van der Waals surface area contributed by atoms with E-state index in [1.807, 2.05) is 0 Å². The van der Waals surface area contributed by atoms with Crippen molar-refractivity contribution in [3.8, 4) is 0 Å². The predicted molar refractivity (Wildman–Crippen MR) is 87.1 cm³/mol. The lowest BCUT2D eigenvalue weighted by atomic mass is 10.1. The van der Waals surface area contributed by atoms with E-state index in [2.05, 4.69) is 5.32 Å². The van der Waals surface area contributed by atoms with Crippen LogP contribution in [-0.4, -0.2) is 32.7 Å². The van der Waals surface area contributed by atoms with Crippen molar-refractivity contribution < 1.29 is 22.7 Å². The second-order valence-electron chi connectivity index (χ2n) is 4.93. The molecule has 1 aromatic carbocycles. The summed E-state index contributed by atoms with van der Waals surface area (Å²) < 4.78 is 27.3. The van der Waals surface area contributed by atoms with Crippen molar-refractivity contribution in [1.29, 1.82) is 0 Å². The van der Waals surface area contributed by atoms with E-state index in [4.69, 9.17) is 27.9 Å². The van der Waals surface area contributed by atoms with Gasteiger partial charge in [0, 0.05) is 11.3 Å². The molecule has 0 saturated carbocycles. The predicted octanol–water partition coefficient (Wildman–Crippen LogP) is 2.42. The Kier molecular flexibility index (Phi) is 5.67. The second kappa shape index (κ2) is 7.33. The number of hydrogen-bond donors (Lipinski definition) is 1. The molecule has 0 spiro atoms. The lowest BCUT2D eigenvalue weighted by Gasteiger charge is -2.10. The van der Waals surface area contributed by atoms with Gasteiger partial charge in [-0.1, -0.05) is 35.3 Å². The number of rotatable bonds is 5. The molecule has 1 heterocycles. The van der Waals surface area contributed by atoms with Gasteiger partial charge in [-0.15, -0.1) is 0 Å². The molecule has 1 atom stereocenters. The molecule has 0 aliphatic carbocycles. The number of ether oxygens (including phenoxy) is 1. The molecule has 23 heavy (non-hydrogen) atoms. The first-order valence-corrected chi connectivity index (χ1v) is 9.04. The highest BCUT2D eigenvalue weighted by Gasteiger charge is 2.24. The number of carbonyl (C=O) groups is 2. The van der Waals surface area contributed by atoms with E-state index >= 15 is 0 Å². The van der Waals surface area contributed by atoms with Crippen molar-refractivity contribution in [2.24, 2.45) is 5.92 Å². The van der Waals surface area contributed by atoms with E-state index in [0.717, 1.165) is 5.41 Å². The number of allylic oxidation sites excluding steroid dienone is 1. The molecule has 1 aromatic rings. The van der Waals surface area contributed by atoms with E-state index in [-0.39, 0.29) is 27.9 Å². The topological polar surface area (TPSA) is 89.5 Å². The van der Waals surface area contributed by atoms with Gasteiger partial charge in [0.15, 0.2) is 16.4 Å². The van der Waals surface area contributed by atoms with Crippen molar-refractivity contribution >= 4 is 50.6 Å². The van der Waals surface area contributed by atoms with Crippen molar-refractivity contribution in [2.75, 3.05) is 17.7 Å². The van der Waals surface area contributed by atoms with Gasteiger partial charge < -0.3 is 10.1 Å². The molecule has 0 saturated heterocycles. The molecule has 1 amide bonds. The van der Waals surface area contributed by atoms with Gasteiger partial charge in [-0.05, 0) is 12.1 Å². The molecule has 0 aromatic heterocycles. The van der Waals surface area contributed by atoms with Crippen LogP contribution in [0.1, 0.15) is 6.42 Å². The molecule has 9 heteroatoms. The van der Waals surface area contributed by atoms with Gasteiger partial charge in [-0.3, -0.25) is 9.59 Å². The molecule has 0 fully saturated rings. The van der Waals surface area contributed by atoms with Gasteiger partial charge in [0.2, 0.25) is 0 Å². The summed E-state index contributed by atoms with van der Waals surface area (Å²) in [5, 5.41) is 4.06. The Morgan fingerprint density at radius 3 is 2.48 bits per heavy atom. The quantitative estimate of drug-likeness (QED) is 0.795. The average molecular weight is 378 g/mol. The standard InChI is InChI=1S/C14H13Cl2NO5S/c15-10-2-1-3-11(16)14(10)17-12(18)7-22-13(19)6-9-4-5-23(20,21)8-9/h1-5,9H,6-8H2,(H,17,18). The molecule has 1 aliphatic heterocycles. The number of sulfone groups is 1. The largest absolute Gasteiger partial charge is 0.456 e. The van der Waals surface area contributed by atoms with Crippen LogP contribution in [0, 0.1) is 5.92 Å². The zero-order valence-electron chi connectivity index (χ0n) is 11.8. The minimum Gasteiger partial charge on any atom is -0.456 e. The fourth-order valence-corrected chi connectivity index (χ4v) is 3.87. The fourth-order valence-electron chi connectivity index (χ4n) is 1.98. The zero-order valence-corrected chi connectivity index (χ0v) is 14.1. The summed E-state index contributed by atoms with van der Waals surface area (Å²) in [7, 11) is -3.22. The van der Waals surface area contributed by atoms with Crippen LogP contribution < -0.4 is 5.32 Å². The van der Waals surface area contributed by atoms with E-state index in [1.165, 1.54) is 6.08 Å². The summed E-state index contributed by atoms with van der Waals surface area (Å²) in [4.78, 5) is 23.4. The number of amides is 1. The smallest absolute Gasteiger partial charge is 0.306 e. The van der Waals surface area contributed by atoms with Gasteiger partial charge in [-0.25, -0.2) is 8.42 Å². The maximum absolute atomic E-state index is 11.7. The van der Waals surface area contributed by atoms with E-state index in [1.54, 1.807) is 18.2 Å². The van der Waals surface area contributed by atoms with Gasteiger partial charge in [0.25, 0.3) is 5.91 Å². The van der Waals surface area contributed by atoms with Crippen LogP contribution in [0.5, 0.6) is 0 Å². The molecule has 6 nitrogen and oxygen atoms in total. The molecule has 1 N–H and O–H groups in total. The molecular formula is C14H13Cl2NO5S. The first-order chi connectivity index (χ1) is 10.8. The number of esters is 1. The molecule has 2 rings (SSSR count). The number of halogens is 2. The minimum atomic E-state index is -3.22. The Morgan fingerprint density at radius 2 is 1.91 bits per heavy atom. The van der Waals surface area contributed by atoms with Gasteiger partial charge >= 0.3 is 5.97 Å². The van der Waals surface area contributed by atoms with Crippen LogP contribution in [0.15, 0.2) is 29.7 Å². The van der Waals surface area contributed by atoms with Crippen LogP contribution >= 0.6 is 23.2 Å². The summed E-state index contributed by atoms with van der Waals surface area (Å²) in [6, 6.07) is 4.74. The van der Waals surface area contributed by atoms with E-state index < -0.39 is 34.2 Å². The normalized spacial score (nSPS) is 18.6. The highest BCUT2D eigenvalue weighted by Crippen LogP contribution is 2.29. The summed E-state index contributed by atoms with van der Waals surface area (Å²) in [5.74, 6) is -1.79. The molecule has 0 radical (unpaired) electrons. The van der Waals surface area contributed by atoms with Crippen molar-refractivity contribution in [2.45, 2.75) is 6.42 Å². The Balaban J connectivity index is 1.81. The summed E-state index contributed by atoms with van der Waals surface area (Å²) in [5.41, 5.74) is 0.238. The second-order valence-corrected chi connectivity index (χ2v) is 7.67. The Morgan fingerprint density at radius 1 is 1.26 bits per heavy atom. The van der Waals surface area contributed by atoms with Gasteiger partial charge in [0.05, 0.1) is 27.9 Å².